The summed E-state index contributed by atoms with van der Waals surface area (Å²) in [5.74, 6) is -0.147. The molecule has 23 heavy (non-hydrogen) atoms. The number of aromatic nitrogens is 2. The Morgan fingerprint density at radius 2 is 2.13 bits per heavy atom. The average Bonchev–Trinajstić information content (AvgIpc) is 3.08. The topological polar surface area (TPSA) is 55.6 Å². The van der Waals surface area contributed by atoms with Gasteiger partial charge in [-0.3, -0.25) is 4.79 Å². The Morgan fingerprint density at radius 1 is 1.22 bits per heavy atom. The van der Waals surface area contributed by atoms with Gasteiger partial charge in [0.05, 0.1) is 18.3 Å². The maximum atomic E-state index is 12.5. The van der Waals surface area contributed by atoms with Gasteiger partial charge in [-0.15, -0.1) is 0 Å². The number of carbonyl (C=O) groups is 1. The molecule has 0 saturated heterocycles. The Labute approximate surface area is 133 Å². The molecule has 0 bridgehead atoms. The SMILES string of the molecule is O=C(NC[C@H]1OCCc2ccccc21)c1cccc2ccnn12. The molecule has 1 amide bonds. The van der Waals surface area contributed by atoms with Crippen LogP contribution in [0.2, 0.25) is 0 Å². The first-order valence-electron chi connectivity index (χ1n) is 7.73. The van der Waals surface area contributed by atoms with Gasteiger partial charge >= 0.3 is 0 Å². The van der Waals surface area contributed by atoms with Crippen molar-refractivity contribution < 1.29 is 9.53 Å². The van der Waals surface area contributed by atoms with Gasteiger partial charge in [0, 0.05) is 6.54 Å². The van der Waals surface area contributed by atoms with Crippen LogP contribution in [-0.4, -0.2) is 28.7 Å². The smallest absolute Gasteiger partial charge is 0.270 e. The van der Waals surface area contributed by atoms with E-state index in [1.807, 2.05) is 30.3 Å². The standard InChI is InChI=1S/C18H17N3O2/c22-18(16-7-3-5-14-8-10-20-21(14)16)19-12-17-15-6-2-1-4-13(15)9-11-23-17/h1-8,10,17H,9,11-12H2,(H,19,22)/t17-/m1/s1. The van der Waals surface area contributed by atoms with Crippen molar-refractivity contribution in [2.45, 2.75) is 12.5 Å². The van der Waals surface area contributed by atoms with Crippen LogP contribution in [0.4, 0.5) is 0 Å². The van der Waals surface area contributed by atoms with E-state index in [2.05, 4.69) is 22.5 Å². The van der Waals surface area contributed by atoms with Crippen molar-refractivity contribution >= 4 is 11.4 Å². The van der Waals surface area contributed by atoms with E-state index < -0.39 is 0 Å². The highest BCUT2D eigenvalue weighted by Crippen LogP contribution is 2.26. The molecule has 116 valence electrons. The Hall–Kier alpha value is -2.66. The quantitative estimate of drug-likeness (QED) is 0.808. The Morgan fingerprint density at radius 3 is 3.09 bits per heavy atom. The Bertz CT molecular complexity index is 856. The molecule has 0 spiro atoms. The number of ether oxygens (including phenoxy) is 1. The third-order valence-electron chi connectivity index (χ3n) is 4.19. The normalized spacial score (nSPS) is 17.0. The maximum Gasteiger partial charge on any atom is 0.270 e. The molecule has 0 radical (unpaired) electrons. The highest BCUT2D eigenvalue weighted by molar-refractivity contribution is 5.93. The van der Waals surface area contributed by atoms with E-state index in [0.29, 0.717) is 18.8 Å². The molecular weight excluding hydrogens is 290 g/mol. The largest absolute Gasteiger partial charge is 0.371 e. The summed E-state index contributed by atoms with van der Waals surface area (Å²) >= 11 is 0. The van der Waals surface area contributed by atoms with Crippen LogP contribution in [0.3, 0.4) is 0 Å². The second-order valence-electron chi connectivity index (χ2n) is 5.60. The number of carbonyl (C=O) groups excluding carboxylic acids is 1. The summed E-state index contributed by atoms with van der Waals surface area (Å²) in [6.45, 7) is 1.14. The van der Waals surface area contributed by atoms with Crippen LogP contribution in [0.5, 0.6) is 0 Å². The summed E-state index contributed by atoms with van der Waals surface area (Å²) in [6, 6.07) is 15.7. The molecule has 1 aromatic carbocycles. The van der Waals surface area contributed by atoms with Crippen LogP contribution >= 0.6 is 0 Å². The highest BCUT2D eigenvalue weighted by atomic mass is 16.5. The zero-order chi connectivity index (χ0) is 15.6. The van der Waals surface area contributed by atoms with Gasteiger partial charge in [0.25, 0.3) is 5.91 Å². The predicted octanol–water partition coefficient (Wildman–Crippen LogP) is 2.38. The molecule has 4 rings (SSSR count). The van der Waals surface area contributed by atoms with Crippen molar-refractivity contribution in [2.24, 2.45) is 0 Å². The molecule has 1 N–H and O–H groups in total. The van der Waals surface area contributed by atoms with Crippen molar-refractivity contribution in [3.05, 3.63) is 71.5 Å². The zero-order valence-corrected chi connectivity index (χ0v) is 12.6. The van der Waals surface area contributed by atoms with Gasteiger partial charge in [0.15, 0.2) is 0 Å². The Kier molecular flexibility index (Phi) is 3.55. The summed E-state index contributed by atoms with van der Waals surface area (Å²) in [4.78, 5) is 12.5. The number of nitrogens with zero attached hydrogens (tertiary/aromatic N) is 2. The van der Waals surface area contributed by atoms with E-state index in [-0.39, 0.29) is 12.0 Å². The van der Waals surface area contributed by atoms with Crippen molar-refractivity contribution in [1.29, 1.82) is 0 Å². The third kappa shape index (κ3) is 2.59. The number of hydrogen-bond donors (Lipinski definition) is 1. The lowest BCUT2D eigenvalue weighted by Crippen LogP contribution is -2.32. The fraction of sp³-hybridized carbons (Fsp3) is 0.222. The van der Waals surface area contributed by atoms with E-state index in [1.54, 1.807) is 16.8 Å². The van der Waals surface area contributed by atoms with Crippen molar-refractivity contribution in [3.8, 4) is 0 Å². The molecule has 1 aliphatic heterocycles. The molecule has 5 nitrogen and oxygen atoms in total. The predicted molar refractivity (Wildman–Crippen MR) is 86.4 cm³/mol. The lowest BCUT2D eigenvalue weighted by atomic mass is 9.97. The molecule has 5 heteroatoms. The minimum Gasteiger partial charge on any atom is -0.371 e. The molecule has 0 fully saturated rings. The number of nitrogens with one attached hydrogen (secondary N) is 1. The molecule has 3 aromatic rings. The van der Waals surface area contributed by atoms with Crippen molar-refractivity contribution in [3.63, 3.8) is 0 Å². The molecule has 0 saturated carbocycles. The van der Waals surface area contributed by atoms with Crippen LogP contribution in [0.1, 0.15) is 27.7 Å². The number of hydrogen-bond acceptors (Lipinski definition) is 3. The fourth-order valence-corrected chi connectivity index (χ4v) is 3.04. The van der Waals surface area contributed by atoms with Crippen LogP contribution in [0.25, 0.3) is 5.52 Å². The van der Waals surface area contributed by atoms with E-state index >= 15 is 0 Å². The summed E-state index contributed by atoms with van der Waals surface area (Å²) in [5, 5.41) is 7.16. The number of rotatable bonds is 3. The first-order valence-corrected chi connectivity index (χ1v) is 7.73. The van der Waals surface area contributed by atoms with Gasteiger partial charge < -0.3 is 10.1 Å². The summed E-state index contributed by atoms with van der Waals surface area (Å²) in [5.41, 5.74) is 3.89. The third-order valence-corrected chi connectivity index (χ3v) is 4.19. The van der Waals surface area contributed by atoms with Gasteiger partial charge in [-0.2, -0.15) is 5.10 Å². The molecule has 3 heterocycles. The number of benzene rings is 1. The molecule has 0 aliphatic carbocycles. The minimum atomic E-state index is -0.147. The second-order valence-corrected chi connectivity index (χ2v) is 5.60. The molecular formula is C18H17N3O2. The van der Waals surface area contributed by atoms with E-state index in [9.17, 15) is 4.79 Å². The highest BCUT2D eigenvalue weighted by Gasteiger charge is 2.21. The van der Waals surface area contributed by atoms with E-state index in [4.69, 9.17) is 4.74 Å². The molecule has 1 aliphatic rings. The van der Waals surface area contributed by atoms with Gasteiger partial charge in [0.2, 0.25) is 0 Å². The first kappa shape index (κ1) is 14.0. The van der Waals surface area contributed by atoms with E-state index in [0.717, 1.165) is 17.5 Å². The second kappa shape index (κ2) is 5.85. The first-order chi connectivity index (χ1) is 11.3. The zero-order valence-electron chi connectivity index (χ0n) is 12.6. The average molecular weight is 307 g/mol. The monoisotopic (exact) mass is 307 g/mol. The van der Waals surface area contributed by atoms with Crippen LogP contribution in [-0.2, 0) is 11.2 Å². The molecule has 2 aromatic heterocycles. The van der Waals surface area contributed by atoms with E-state index in [1.165, 1.54) is 5.56 Å². The fourth-order valence-electron chi connectivity index (χ4n) is 3.04. The summed E-state index contributed by atoms with van der Waals surface area (Å²) in [7, 11) is 0. The lowest BCUT2D eigenvalue weighted by molar-refractivity contribution is 0.0410. The van der Waals surface area contributed by atoms with Crippen LogP contribution in [0, 0.1) is 0 Å². The van der Waals surface area contributed by atoms with Crippen LogP contribution < -0.4 is 5.32 Å². The number of fused-ring (bicyclic) bond motifs is 2. The maximum absolute atomic E-state index is 12.5. The van der Waals surface area contributed by atoms with Crippen molar-refractivity contribution in [2.75, 3.05) is 13.2 Å². The van der Waals surface area contributed by atoms with Gasteiger partial charge in [-0.05, 0) is 35.7 Å². The number of amides is 1. The summed E-state index contributed by atoms with van der Waals surface area (Å²) in [6.07, 6.45) is 2.51. The van der Waals surface area contributed by atoms with Gasteiger partial charge in [-0.1, -0.05) is 30.3 Å². The van der Waals surface area contributed by atoms with Gasteiger partial charge in [-0.25, -0.2) is 4.52 Å². The Balaban J connectivity index is 1.52. The van der Waals surface area contributed by atoms with Crippen LogP contribution in [0.15, 0.2) is 54.7 Å². The number of pyridine rings is 1. The molecule has 0 unspecified atom stereocenters. The van der Waals surface area contributed by atoms with Crippen molar-refractivity contribution in [1.82, 2.24) is 14.9 Å². The van der Waals surface area contributed by atoms with Gasteiger partial charge in [0.1, 0.15) is 11.8 Å². The molecule has 1 atom stereocenters. The summed E-state index contributed by atoms with van der Waals surface area (Å²) < 4.78 is 7.47. The lowest BCUT2D eigenvalue weighted by Gasteiger charge is -2.26. The minimum absolute atomic E-state index is 0.0966.